The molecule has 0 saturated heterocycles. The van der Waals surface area contributed by atoms with Gasteiger partial charge in [-0.15, -0.1) is 0 Å². The molecule has 1 aliphatic heterocycles. The van der Waals surface area contributed by atoms with Crippen LogP contribution < -0.4 is 14.5 Å². The number of anilines is 2. The summed E-state index contributed by atoms with van der Waals surface area (Å²) in [7, 11) is 0. The molecule has 1 N–H and O–H groups in total. The van der Waals surface area contributed by atoms with Crippen molar-refractivity contribution in [2.45, 2.75) is 75.9 Å². The average Bonchev–Trinajstić information content (AvgIpc) is 3.05. The number of amides is 1. The first kappa shape index (κ1) is 40.8. The molecule has 0 spiro atoms. The molecule has 0 radical (unpaired) electrons. The van der Waals surface area contributed by atoms with Crippen LogP contribution in [0.3, 0.4) is 0 Å². The third-order valence-electron chi connectivity index (χ3n) is 7.91. The first-order valence-electron chi connectivity index (χ1n) is 15.4. The number of ether oxygens (including phenoxy) is 2. The molecule has 0 aliphatic carbocycles. The number of fused-ring (bicyclic) bond motifs is 1. The minimum atomic E-state index is -5.26. The summed E-state index contributed by atoms with van der Waals surface area (Å²) >= 11 is 0. The van der Waals surface area contributed by atoms with E-state index < -0.39 is 102 Å². The van der Waals surface area contributed by atoms with Crippen molar-refractivity contribution in [1.82, 2.24) is 9.97 Å². The normalized spacial score (nSPS) is 16.6. The zero-order chi connectivity index (χ0) is 39.5. The SMILES string of the molecule is CC[C@@H]1C[C@H](N(Cc2cc(C(F)(F)F)cc(C(F)(F)F)c2)c2ncc(OCCCC(=O)O)cn2)c2cc(C(F)(F)F)ccc2N1C(=O)OCC(F)(F)F. The summed E-state index contributed by atoms with van der Waals surface area (Å²) < 4.78 is 173. The van der Waals surface area contributed by atoms with Gasteiger partial charge in [-0.2, -0.15) is 52.7 Å². The van der Waals surface area contributed by atoms with Gasteiger partial charge in [-0.1, -0.05) is 6.92 Å². The Bertz CT molecular complexity index is 1730. The monoisotopic (exact) mass is 776 g/mol. The topological polar surface area (TPSA) is 105 Å². The van der Waals surface area contributed by atoms with Crippen LogP contribution in [0.4, 0.5) is 69.1 Å². The van der Waals surface area contributed by atoms with Gasteiger partial charge in [0, 0.05) is 19.0 Å². The Hall–Kier alpha value is -4.98. The minimum Gasteiger partial charge on any atom is -0.490 e. The first-order valence-corrected chi connectivity index (χ1v) is 15.4. The highest BCUT2D eigenvalue weighted by Gasteiger charge is 2.43. The van der Waals surface area contributed by atoms with Crippen molar-refractivity contribution in [3.8, 4) is 5.75 Å². The van der Waals surface area contributed by atoms with Crippen molar-refractivity contribution in [3.05, 3.63) is 76.6 Å². The lowest BCUT2D eigenvalue weighted by molar-refractivity contribution is -0.160. The van der Waals surface area contributed by atoms with E-state index in [1.165, 1.54) is 6.92 Å². The average molecular weight is 777 g/mol. The fraction of sp³-hybridized carbons (Fsp3) is 0.438. The quantitative estimate of drug-likeness (QED) is 0.152. The molecule has 4 rings (SSSR count). The van der Waals surface area contributed by atoms with E-state index in [9.17, 15) is 62.3 Å². The number of rotatable bonds is 11. The predicted molar refractivity (Wildman–Crippen MR) is 160 cm³/mol. The Kier molecular flexibility index (Phi) is 12.0. The van der Waals surface area contributed by atoms with Gasteiger partial charge in [-0.25, -0.2) is 14.8 Å². The number of carbonyl (C=O) groups is 2. The van der Waals surface area contributed by atoms with Gasteiger partial charge in [0.25, 0.3) is 0 Å². The highest BCUT2D eigenvalue weighted by molar-refractivity contribution is 5.90. The molecule has 0 bridgehead atoms. The number of carbonyl (C=O) groups excluding carboxylic acids is 1. The van der Waals surface area contributed by atoms with Crippen LogP contribution in [0, 0.1) is 0 Å². The number of carboxylic acids is 1. The van der Waals surface area contributed by atoms with Crippen LogP contribution in [-0.2, 0) is 34.6 Å². The van der Waals surface area contributed by atoms with Crippen molar-refractivity contribution in [3.63, 3.8) is 0 Å². The van der Waals surface area contributed by atoms with Gasteiger partial charge in [-0.05, 0) is 66.8 Å². The summed E-state index contributed by atoms with van der Waals surface area (Å²) in [5, 5.41) is 8.80. The van der Waals surface area contributed by atoms with Crippen molar-refractivity contribution in [1.29, 1.82) is 0 Å². The second-order valence-corrected chi connectivity index (χ2v) is 11.7. The van der Waals surface area contributed by atoms with Gasteiger partial charge in [0.1, 0.15) is 0 Å². The van der Waals surface area contributed by atoms with Crippen LogP contribution in [0.5, 0.6) is 5.75 Å². The van der Waals surface area contributed by atoms with Crippen LogP contribution >= 0.6 is 0 Å². The molecule has 0 unspecified atom stereocenters. The molecule has 2 atom stereocenters. The van der Waals surface area contributed by atoms with Crippen molar-refractivity contribution in [2.24, 2.45) is 0 Å². The maximum atomic E-state index is 14.0. The fourth-order valence-electron chi connectivity index (χ4n) is 5.58. The number of aliphatic carboxylic acids is 1. The van der Waals surface area contributed by atoms with E-state index in [0.29, 0.717) is 29.2 Å². The van der Waals surface area contributed by atoms with E-state index in [-0.39, 0.29) is 43.4 Å². The molecule has 1 aromatic heterocycles. The van der Waals surface area contributed by atoms with Crippen LogP contribution in [0.1, 0.15) is 66.5 Å². The largest absolute Gasteiger partial charge is 0.490 e. The Morgan fingerprint density at radius 3 is 1.96 bits per heavy atom. The molecule has 1 aliphatic rings. The van der Waals surface area contributed by atoms with E-state index >= 15 is 0 Å². The number of carboxylic acid groups (broad SMARTS) is 1. The molecule has 9 nitrogen and oxygen atoms in total. The highest BCUT2D eigenvalue weighted by atomic mass is 19.4. The standard InChI is InChI=1S/C32H28F12N4O5/c1-2-21-12-25(23-11-18(30(36,37)38)5-6-24(23)48(21)28(51)53-16-29(33,34)35)47(27-45-13-22(14-46-27)52-7-3-4-26(49)50)15-17-8-19(31(39,40)41)10-20(9-17)32(42,43)44/h5-6,8-11,13-14,21,25H,2-4,7,12,15-16H2,1H3,(H,49,50)/t21-,25+/m1/s1. The van der Waals surface area contributed by atoms with E-state index in [0.717, 1.165) is 23.4 Å². The molecule has 1 amide bonds. The van der Waals surface area contributed by atoms with E-state index in [2.05, 4.69) is 14.7 Å². The van der Waals surface area contributed by atoms with Gasteiger partial charge in [0.15, 0.2) is 12.4 Å². The molecule has 53 heavy (non-hydrogen) atoms. The summed E-state index contributed by atoms with van der Waals surface area (Å²) in [4.78, 5) is 33.7. The third-order valence-corrected chi connectivity index (χ3v) is 7.91. The highest BCUT2D eigenvalue weighted by Crippen LogP contribution is 2.46. The Morgan fingerprint density at radius 2 is 1.45 bits per heavy atom. The van der Waals surface area contributed by atoms with Crippen LogP contribution in [0.2, 0.25) is 0 Å². The Labute approximate surface area is 292 Å². The minimum absolute atomic E-state index is 0.0501. The van der Waals surface area contributed by atoms with Crippen molar-refractivity contribution < 1.29 is 76.9 Å². The molecule has 290 valence electrons. The molecular formula is C32H28F12N4O5. The van der Waals surface area contributed by atoms with Crippen LogP contribution in [0.25, 0.3) is 0 Å². The molecule has 0 fully saturated rings. The number of hydrogen-bond donors (Lipinski definition) is 1. The van der Waals surface area contributed by atoms with E-state index in [1.807, 2.05) is 0 Å². The fourth-order valence-corrected chi connectivity index (χ4v) is 5.58. The predicted octanol–water partition coefficient (Wildman–Crippen LogP) is 9.21. The van der Waals surface area contributed by atoms with Crippen LogP contribution in [-0.4, -0.2) is 52.6 Å². The molecular weight excluding hydrogens is 748 g/mol. The lowest BCUT2D eigenvalue weighted by Gasteiger charge is -2.44. The summed E-state index contributed by atoms with van der Waals surface area (Å²) in [5.41, 5.74) is -6.10. The lowest BCUT2D eigenvalue weighted by Crippen LogP contribution is -2.48. The van der Waals surface area contributed by atoms with E-state index in [1.54, 1.807) is 0 Å². The summed E-state index contributed by atoms with van der Waals surface area (Å²) in [6.07, 6.45) is -20.7. The van der Waals surface area contributed by atoms with Crippen molar-refractivity contribution >= 4 is 23.7 Å². The molecule has 2 heterocycles. The Balaban J connectivity index is 1.90. The second-order valence-electron chi connectivity index (χ2n) is 11.7. The van der Waals surface area contributed by atoms with Gasteiger partial charge in [0.2, 0.25) is 5.95 Å². The summed E-state index contributed by atoms with van der Waals surface area (Å²) in [6.45, 7) is -1.58. The number of nitrogens with zero attached hydrogens (tertiary/aromatic N) is 4. The maximum absolute atomic E-state index is 14.0. The van der Waals surface area contributed by atoms with Gasteiger partial charge >= 0.3 is 36.8 Å². The lowest BCUT2D eigenvalue weighted by atomic mass is 9.87. The number of aromatic nitrogens is 2. The second kappa shape index (κ2) is 15.6. The molecule has 0 saturated carbocycles. The number of hydrogen-bond acceptors (Lipinski definition) is 7. The number of benzene rings is 2. The zero-order valence-electron chi connectivity index (χ0n) is 27.1. The summed E-state index contributed by atoms with van der Waals surface area (Å²) in [6, 6.07) is -0.0166. The molecule has 3 aromatic rings. The summed E-state index contributed by atoms with van der Waals surface area (Å²) in [5.74, 6) is -1.60. The van der Waals surface area contributed by atoms with Crippen LogP contribution in [0.15, 0.2) is 48.8 Å². The zero-order valence-corrected chi connectivity index (χ0v) is 27.1. The number of halogens is 12. The van der Waals surface area contributed by atoms with Gasteiger partial charge in [-0.3, -0.25) is 9.69 Å². The van der Waals surface area contributed by atoms with Gasteiger partial charge < -0.3 is 19.5 Å². The third kappa shape index (κ3) is 10.6. The Morgan fingerprint density at radius 1 is 0.868 bits per heavy atom. The van der Waals surface area contributed by atoms with E-state index in [4.69, 9.17) is 9.84 Å². The smallest absolute Gasteiger partial charge is 0.422 e. The molecule has 2 aromatic carbocycles. The first-order chi connectivity index (χ1) is 24.5. The number of alkyl halides is 12. The van der Waals surface area contributed by atoms with Gasteiger partial charge in [0.05, 0.1) is 47.4 Å². The van der Waals surface area contributed by atoms with Crippen molar-refractivity contribution in [2.75, 3.05) is 23.0 Å². The molecule has 21 heteroatoms. The maximum Gasteiger partial charge on any atom is 0.422 e.